The first-order valence-corrected chi connectivity index (χ1v) is 10.1. The zero-order valence-corrected chi connectivity index (χ0v) is 18.7. The second-order valence-electron chi connectivity index (χ2n) is 5.70. The van der Waals surface area contributed by atoms with Crippen LogP contribution in [-0.2, 0) is 14.3 Å². The number of rotatable bonds is 5. The van der Waals surface area contributed by atoms with Crippen LogP contribution in [0.25, 0.3) is 6.08 Å². The lowest BCUT2D eigenvalue weighted by Gasteiger charge is -2.11. The van der Waals surface area contributed by atoms with Gasteiger partial charge in [0.1, 0.15) is 0 Å². The van der Waals surface area contributed by atoms with Gasteiger partial charge in [0.25, 0.3) is 0 Å². The van der Waals surface area contributed by atoms with Crippen LogP contribution in [0.15, 0.2) is 51.6 Å². The first kappa shape index (κ1) is 20.5. The average Bonchev–Trinajstić information content (AvgIpc) is 3.04. The molecule has 0 radical (unpaired) electrons. The van der Waals surface area contributed by atoms with Crippen molar-refractivity contribution in [2.24, 2.45) is 4.99 Å². The van der Waals surface area contributed by atoms with Gasteiger partial charge in [0.05, 0.1) is 10.7 Å². The maximum absolute atomic E-state index is 12.2. The van der Waals surface area contributed by atoms with E-state index in [0.717, 1.165) is 4.47 Å². The SMILES string of the molecule is CCC(=O)Oc1c(I)cc(/C=C2\N=C(c3ccc(Br)cc3)OC2=O)cc1OC. The topological polar surface area (TPSA) is 74.2 Å². The minimum atomic E-state index is -0.534. The van der Waals surface area contributed by atoms with E-state index in [9.17, 15) is 9.59 Å². The van der Waals surface area contributed by atoms with Crippen molar-refractivity contribution in [2.45, 2.75) is 13.3 Å². The average molecular weight is 556 g/mol. The van der Waals surface area contributed by atoms with Gasteiger partial charge in [-0.15, -0.1) is 0 Å². The fraction of sp³-hybridized carbons (Fsp3) is 0.150. The molecule has 2 aromatic rings. The van der Waals surface area contributed by atoms with Crippen molar-refractivity contribution in [1.29, 1.82) is 0 Å². The number of methoxy groups -OCH3 is 1. The number of esters is 2. The summed E-state index contributed by atoms with van der Waals surface area (Å²) in [6, 6.07) is 10.8. The van der Waals surface area contributed by atoms with E-state index in [1.165, 1.54) is 7.11 Å². The van der Waals surface area contributed by atoms with Crippen LogP contribution in [0, 0.1) is 3.57 Å². The molecule has 1 heterocycles. The second kappa shape index (κ2) is 8.87. The van der Waals surface area contributed by atoms with Crippen LogP contribution in [0.2, 0.25) is 0 Å². The molecule has 28 heavy (non-hydrogen) atoms. The Morgan fingerprint density at radius 3 is 2.64 bits per heavy atom. The Bertz CT molecular complexity index is 998. The molecule has 0 spiro atoms. The number of hydrogen-bond donors (Lipinski definition) is 0. The van der Waals surface area contributed by atoms with Gasteiger partial charge in [0, 0.05) is 16.5 Å². The quantitative estimate of drug-likeness (QED) is 0.231. The Morgan fingerprint density at radius 1 is 1.29 bits per heavy atom. The van der Waals surface area contributed by atoms with Crippen molar-refractivity contribution in [3.63, 3.8) is 0 Å². The van der Waals surface area contributed by atoms with Crippen molar-refractivity contribution >= 4 is 62.4 Å². The summed E-state index contributed by atoms with van der Waals surface area (Å²) in [6.07, 6.45) is 1.86. The van der Waals surface area contributed by atoms with Gasteiger partial charge in [0.2, 0.25) is 5.90 Å². The van der Waals surface area contributed by atoms with Crippen molar-refractivity contribution in [3.05, 3.63) is 61.3 Å². The highest BCUT2D eigenvalue weighted by Gasteiger charge is 2.24. The molecule has 0 N–H and O–H groups in total. The van der Waals surface area contributed by atoms with Crippen molar-refractivity contribution < 1.29 is 23.8 Å². The third-order valence-corrected chi connectivity index (χ3v) is 5.10. The summed E-state index contributed by atoms with van der Waals surface area (Å²) in [7, 11) is 1.49. The molecule has 0 amide bonds. The first-order valence-electron chi connectivity index (χ1n) is 8.28. The number of nitrogens with zero attached hydrogens (tertiary/aromatic N) is 1. The zero-order valence-electron chi connectivity index (χ0n) is 15.0. The Morgan fingerprint density at radius 2 is 2.00 bits per heavy atom. The van der Waals surface area contributed by atoms with E-state index in [1.54, 1.807) is 25.1 Å². The van der Waals surface area contributed by atoms with Gasteiger partial charge >= 0.3 is 11.9 Å². The van der Waals surface area contributed by atoms with Crippen LogP contribution in [0.4, 0.5) is 0 Å². The fourth-order valence-corrected chi connectivity index (χ4v) is 3.39. The van der Waals surface area contributed by atoms with E-state index in [1.807, 2.05) is 46.9 Å². The molecule has 2 aromatic carbocycles. The Balaban J connectivity index is 1.94. The van der Waals surface area contributed by atoms with Gasteiger partial charge in [-0.1, -0.05) is 22.9 Å². The standard InChI is InChI=1S/C20H15BrINO5/c1-3-17(24)27-18-14(22)8-11(10-16(18)26-2)9-15-20(25)28-19(23-15)12-4-6-13(21)7-5-12/h4-10H,3H2,1-2H3/b15-9-. The summed E-state index contributed by atoms with van der Waals surface area (Å²) >= 11 is 5.41. The second-order valence-corrected chi connectivity index (χ2v) is 7.78. The van der Waals surface area contributed by atoms with Crippen LogP contribution < -0.4 is 9.47 Å². The molecule has 0 aliphatic carbocycles. The molecule has 0 saturated heterocycles. The normalized spacial score (nSPS) is 14.6. The van der Waals surface area contributed by atoms with Crippen LogP contribution in [0.1, 0.15) is 24.5 Å². The number of carbonyl (C=O) groups excluding carboxylic acids is 2. The molecule has 1 aliphatic heterocycles. The maximum atomic E-state index is 12.2. The fourth-order valence-electron chi connectivity index (χ4n) is 2.39. The van der Waals surface area contributed by atoms with E-state index in [4.69, 9.17) is 14.2 Å². The largest absolute Gasteiger partial charge is 0.493 e. The molecular weight excluding hydrogens is 541 g/mol. The first-order chi connectivity index (χ1) is 13.4. The molecule has 0 aromatic heterocycles. The van der Waals surface area contributed by atoms with Gasteiger partial charge in [0.15, 0.2) is 17.2 Å². The summed E-state index contributed by atoms with van der Waals surface area (Å²) in [5.41, 5.74) is 1.55. The Labute approximate surface area is 183 Å². The van der Waals surface area contributed by atoms with Gasteiger partial charge in [-0.05, 0) is 70.6 Å². The highest BCUT2D eigenvalue weighted by atomic mass is 127. The van der Waals surface area contributed by atoms with Crippen LogP contribution >= 0.6 is 38.5 Å². The summed E-state index contributed by atoms with van der Waals surface area (Å²) in [6.45, 7) is 1.72. The molecule has 3 rings (SSSR count). The van der Waals surface area contributed by atoms with Crippen molar-refractivity contribution in [2.75, 3.05) is 7.11 Å². The summed E-state index contributed by atoms with van der Waals surface area (Å²) in [4.78, 5) is 28.1. The zero-order chi connectivity index (χ0) is 20.3. The molecule has 1 aliphatic rings. The number of cyclic esters (lactones) is 1. The van der Waals surface area contributed by atoms with Crippen LogP contribution in [-0.4, -0.2) is 24.9 Å². The minimum Gasteiger partial charge on any atom is -0.493 e. The number of halogens is 2. The molecule has 0 fully saturated rings. The maximum Gasteiger partial charge on any atom is 0.363 e. The van der Waals surface area contributed by atoms with E-state index in [2.05, 4.69) is 20.9 Å². The monoisotopic (exact) mass is 555 g/mol. The molecule has 0 atom stereocenters. The lowest BCUT2D eigenvalue weighted by Crippen LogP contribution is -2.08. The lowest BCUT2D eigenvalue weighted by atomic mass is 10.1. The summed E-state index contributed by atoms with van der Waals surface area (Å²) < 4.78 is 17.5. The van der Waals surface area contributed by atoms with Crippen LogP contribution in [0.3, 0.4) is 0 Å². The van der Waals surface area contributed by atoms with Gasteiger partial charge < -0.3 is 14.2 Å². The predicted octanol–water partition coefficient (Wildman–Crippen LogP) is 4.72. The highest BCUT2D eigenvalue weighted by molar-refractivity contribution is 14.1. The third-order valence-electron chi connectivity index (χ3n) is 3.77. The molecule has 0 saturated carbocycles. The van der Waals surface area contributed by atoms with Gasteiger partial charge in [-0.25, -0.2) is 9.79 Å². The third kappa shape index (κ3) is 4.61. The predicted molar refractivity (Wildman–Crippen MR) is 116 cm³/mol. The number of aliphatic imine (C=N–C) groups is 1. The number of carbonyl (C=O) groups is 2. The molecule has 0 bridgehead atoms. The molecular formula is C20H15BrINO5. The molecule has 8 heteroatoms. The Kier molecular flexibility index (Phi) is 6.50. The van der Waals surface area contributed by atoms with Gasteiger partial charge in [-0.3, -0.25) is 4.79 Å². The molecule has 144 valence electrons. The minimum absolute atomic E-state index is 0.175. The number of hydrogen-bond acceptors (Lipinski definition) is 6. The lowest BCUT2D eigenvalue weighted by molar-refractivity contribution is -0.134. The number of ether oxygens (including phenoxy) is 3. The highest BCUT2D eigenvalue weighted by Crippen LogP contribution is 2.35. The van der Waals surface area contributed by atoms with Crippen LogP contribution in [0.5, 0.6) is 11.5 Å². The Hall–Kier alpha value is -2.20. The smallest absolute Gasteiger partial charge is 0.363 e. The van der Waals surface area contributed by atoms with Gasteiger partial charge in [-0.2, -0.15) is 0 Å². The summed E-state index contributed by atoms with van der Waals surface area (Å²) in [5, 5.41) is 0. The van der Waals surface area contributed by atoms with E-state index >= 15 is 0 Å². The summed E-state index contributed by atoms with van der Waals surface area (Å²) in [5.74, 6) is 0.104. The van der Waals surface area contributed by atoms with E-state index in [-0.39, 0.29) is 24.0 Å². The van der Waals surface area contributed by atoms with Crippen molar-refractivity contribution in [1.82, 2.24) is 0 Å². The van der Waals surface area contributed by atoms with E-state index < -0.39 is 5.97 Å². The molecule has 0 unspecified atom stereocenters. The van der Waals surface area contributed by atoms with Crippen molar-refractivity contribution in [3.8, 4) is 11.5 Å². The number of benzene rings is 2. The molecule has 6 nitrogen and oxygen atoms in total. The van der Waals surface area contributed by atoms with E-state index in [0.29, 0.717) is 26.2 Å².